The summed E-state index contributed by atoms with van der Waals surface area (Å²) in [5, 5.41) is 21.4. The minimum absolute atomic E-state index is 0.212. The molecule has 6 heteroatoms. The first kappa shape index (κ1) is 19.1. The Kier molecular flexibility index (Phi) is 4.78. The lowest BCUT2D eigenvalue weighted by Crippen LogP contribution is -2.63. The number of rotatable bonds is 2. The van der Waals surface area contributed by atoms with Crippen LogP contribution in [0.15, 0.2) is 22.8 Å². The predicted molar refractivity (Wildman–Crippen MR) is 93.9 cm³/mol. The SMILES string of the molecule is C/C=C(/C)C(=O)O[C@@H]1C2=C(C)C(=O)O[C@@H]2[C@@H](O)[C@H]2CC[C@H](O)[C@H](C)[C@@]12C. The zero-order chi connectivity index (χ0) is 19.4. The van der Waals surface area contributed by atoms with E-state index < -0.39 is 41.8 Å². The maximum absolute atomic E-state index is 12.5. The first-order valence-corrected chi connectivity index (χ1v) is 9.26. The van der Waals surface area contributed by atoms with Crippen molar-refractivity contribution in [2.75, 3.05) is 0 Å². The fourth-order valence-electron chi connectivity index (χ4n) is 4.89. The van der Waals surface area contributed by atoms with Gasteiger partial charge in [-0.25, -0.2) is 9.59 Å². The molecule has 6 nitrogen and oxygen atoms in total. The molecule has 2 fully saturated rings. The molecule has 0 spiro atoms. The monoisotopic (exact) mass is 364 g/mol. The Hall–Kier alpha value is -1.66. The van der Waals surface area contributed by atoms with Crippen molar-refractivity contribution in [1.82, 2.24) is 0 Å². The number of hydrogen-bond acceptors (Lipinski definition) is 6. The number of aliphatic hydroxyl groups is 2. The average molecular weight is 364 g/mol. The van der Waals surface area contributed by atoms with Crippen LogP contribution in [0.4, 0.5) is 0 Å². The molecule has 144 valence electrons. The Balaban J connectivity index is 2.13. The van der Waals surface area contributed by atoms with Gasteiger partial charge < -0.3 is 19.7 Å². The standard InChI is InChI=1S/C20H28O6/c1-6-9(2)18(23)26-17-14-10(3)19(24)25-16(14)15(22)12-7-8-13(21)11(4)20(12,17)5/h6,11-13,15-17,21-22H,7-8H2,1-5H3/b9-6-/t11-,12+,13-,15-,16-,17+,20+/m0/s1. The number of carbonyl (C=O) groups excluding carboxylic acids is 2. The van der Waals surface area contributed by atoms with Gasteiger partial charge in [-0.15, -0.1) is 0 Å². The lowest BCUT2D eigenvalue weighted by molar-refractivity contribution is -0.199. The van der Waals surface area contributed by atoms with E-state index in [1.165, 1.54) is 0 Å². The minimum Gasteiger partial charge on any atom is -0.454 e. The molecule has 1 aliphatic heterocycles. The lowest BCUT2D eigenvalue weighted by Gasteiger charge is -2.57. The summed E-state index contributed by atoms with van der Waals surface area (Å²) < 4.78 is 11.3. The molecule has 0 amide bonds. The zero-order valence-corrected chi connectivity index (χ0v) is 16.0. The van der Waals surface area contributed by atoms with E-state index in [0.29, 0.717) is 29.6 Å². The molecule has 0 unspecified atom stereocenters. The van der Waals surface area contributed by atoms with Gasteiger partial charge in [0.25, 0.3) is 0 Å². The maximum atomic E-state index is 12.5. The van der Waals surface area contributed by atoms with Crippen LogP contribution in [0.3, 0.4) is 0 Å². The van der Waals surface area contributed by atoms with Crippen LogP contribution in [0, 0.1) is 17.3 Å². The second kappa shape index (κ2) is 6.50. The van der Waals surface area contributed by atoms with E-state index in [1.807, 2.05) is 13.8 Å². The summed E-state index contributed by atoms with van der Waals surface area (Å²) in [6.45, 7) is 8.93. The van der Waals surface area contributed by atoms with Gasteiger partial charge >= 0.3 is 11.9 Å². The summed E-state index contributed by atoms with van der Waals surface area (Å²) in [5.74, 6) is -1.39. The number of carbonyl (C=O) groups is 2. The topological polar surface area (TPSA) is 93.1 Å². The summed E-state index contributed by atoms with van der Waals surface area (Å²) in [5.41, 5.74) is 0.707. The molecule has 1 heterocycles. The molecule has 0 aromatic rings. The molecular weight excluding hydrogens is 336 g/mol. The van der Waals surface area contributed by atoms with E-state index in [9.17, 15) is 19.8 Å². The molecule has 7 atom stereocenters. The number of fused-ring (bicyclic) bond motifs is 2. The smallest absolute Gasteiger partial charge is 0.334 e. The molecule has 2 N–H and O–H groups in total. The number of aliphatic hydroxyl groups excluding tert-OH is 2. The van der Waals surface area contributed by atoms with Gasteiger partial charge in [-0.1, -0.05) is 19.9 Å². The quantitative estimate of drug-likeness (QED) is 0.574. The molecule has 0 bridgehead atoms. The molecule has 2 saturated carbocycles. The van der Waals surface area contributed by atoms with Gasteiger partial charge in [0.05, 0.1) is 12.2 Å². The van der Waals surface area contributed by atoms with Gasteiger partial charge in [0.2, 0.25) is 0 Å². The zero-order valence-electron chi connectivity index (χ0n) is 16.0. The fourth-order valence-corrected chi connectivity index (χ4v) is 4.89. The molecule has 2 aliphatic carbocycles. The Morgan fingerprint density at radius 2 is 2.00 bits per heavy atom. The molecule has 0 aromatic heterocycles. The van der Waals surface area contributed by atoms with E-state index >= 15 is 0 Å². The minimum atomic E-state index is -0.871. The molecule has 0 aromatic carbocycles. The van der Waals surface area contributed by atoms with Crippen LogP contribution in [0.2, 0.25) is 0 Å². The van der Waals surface area contributed by atoms with Crippen LogP contribution in [-0.2, 0) is 19.1 Å². The van der Waals surface area contributed by atoms with Crippen LogP contribution < -0.4 is 0 Å². The van der Waals surface area contributed by atoms with E-state index in [-0.39, 0.29) is 11.8 Å². The summed E-state index contributed by atoms with van der Waals surface area (Å²) in [6.07, 6.45) is -0.113. The first-order chi connectivity index (χ1) is 12.1. The highest BCUT2D eigenvalue weighted by Gasteiger charge is 2.63. The fraction of sp³-hybridized carbons (Fsp3) is 0.700. The highest BCUT2D eigenvalue weighted by atomic mass is 16.6. The van der Waals surface area contributed by atoms with Crippen molar-refractivity contribution < 1.29 is 29.3 Å². The molecule has 3 rings (SSSR count). The molecule has 0 radical (unpaired) electrons. The summed E-state index contributed by atoms with van der Waals surface area (Å²) in [4.78, 5) is 24.7. The number of esters is 2. The van der Waals surface area contributed by atoms with Crippen molar-refractivity contribution in [1.29, 1.82) is 0 Å². The largest absolute Gasteiger partial charge is 0.454 e. The van der Waals surface area contributed by atoms with Crippen LogP contribution in [-0.4, -0.2) is 46.6 Å². The number of allylic oxidation sites excluding steroid dienone is 1. The molecule has 0 saturated heterocycles. The first-order valence-electron chi connectivity index (χ1n) is 9.26. The Labute approximate surface area is 153 Å². The summed E-state index contributed by atoms with van der Waals surface area (Å²) >= 11 is 0. The van der Waals surface area contributed by atoms with Crippen molar-refractivity contribution in [2.45, 2.75) is 71.9 Å². The van der Waals surface area contributed by atoms with Gasteiger partial charge in [0.1, 0.15) is 6.10 Å². The Morgan fingerprint density at radius 3 is 2.62 bits per heavy atom. The van der Waals surface area contributed by atoms with Gasteiger partial charge in [0, 0.05) is 22.1 Å². The van der Waals surface area contributed by atoms with E-state index in [2.05, 4.69) is 0 Å². The normalized spacial score (nSPS) is 42.9. The molecule has 3 aliphatic rings. The predicted octanol–water partition coefficient (Wildman–Crippen LogP) is 1.89. The molecular formula is C20H28O6. The van der Waals surface area contributed by atoms with E-state index in [4.69, 9.17) is 9.47 Å². The summed E-state index contributed by atoms with van der Waals surface area (Å²) in [7, 11) is 0. The van der Waals surface area contributed by atoms with Crippen molar-refractivity contribution >= 4 is 11.9 Å². The van der Waals surface area contributed by atoms with Crippen LogP contribution in [0.25, 0.3) is 0 Å². The average Bonchev–Trinajstić information content (AvgIpc) is 2.90. The van der Waals surface area contributed by atoms with Gasteiger partial charge in [0.15, 0.2) is 6.10 Å². The van der Waals surface area contributed by atoms with Crippen molar-refractivity contribution in [3.05, 3.63) is 22.8 Å². The van der Waals surface area contributed by atoms with Crippen molar-refractivity contribution in [2.24, 2.45) is 17.3 Å². The Bertz CT molecular complexity index is 692. The van der Waals surface area contributed by atoms with Crippen LogP contribution in [0.5, 0.6) is 0 Å². The lowest BCUT2D eigenvalue weighted by atomic mass is 9.51. The van der Waals surface area contributed by atoms with Gasteiger partial charge in [-0.3, -0.25) is 0 Å². The second-order valence-corrected chi connectivity index (χ2v) is 8.06. The maximum Gasteiger partial charge on any atom is 0.334 e. The second-order valence-electron chi connectivity index (χ2n) is 8.06. The van der Waals surface area contributed by atoms with Crippen molar-refractivity contribution in [3.63, 3.8) is 0 Å². The molecule has 26 heavy (non-hydrogen) atoms. The van der Waals surface area contributed by atoms with Crippen LogP contribution >= 0.6 is 0 Å². The third-order valence-corrected chi connectivity index (χ3v) is 6.96. The number of ether oxygens (including phenoxy) is 2. The highest BCUT2D eigenvalue weighted by Crippen LogP contribution is 2.58. The van der Waals surface area contributed by atoms with Gasteiger partial charge in [-0.2, -0.15) is 0 Å². The third kappa shape index (κ3) is 2.54. The summed E-state index contributed by atoms with van der Waals surface area (Å²) in [6, 6.07) is 0. The third-order valence-electron chi connectivity index (χ3n) is 6.96. The Morgan fingerprint density at radius 1 is 1.35 bits per heavy atom. The van der Waals surface area contributed by atoms with Crippen LogP contribution in [0.1, 0.15) is 47.5 Å². The van der Waals surface area contributed by atoms with Crippen molar-refractivity contribution in [3.8, 4) is 0 Å². The highest BCUT2D eigenvalue weighted by molar-refractivity contribution is 5.93. The van der Waals surface area contributed by atoms with E-state index in [1.54, 1.807) is 26.8 Å². The van der Waals surface area contributed by atoms with Gasteiger partial charge in [-0.05, 0) is 45.4 Å². The van der Waals surface area contributed by atoms with E-state index in [0.717, 1.165) is 0 Å². The number of hydrogen-bond donors (Lipinski definition) is 2.